The number of halogens is 6. The lowest BCUT2D eigenvalue weighted by atomic mass is 10.2. The van der Waals surface area contributed by atoms with Gasteiger partial charge in [-0.05, 0) is 43.3 Å². The monoisotopic (exact) mass is 544 g/mol. The summed E-state index contributed by atoms with van der Waals surface area (Å²) in [6.45, 7) is 0.381. The van der Waals surface area contributed by atoms with Crippen molar-refractivity contribution in [3.63, 3.8) is 0 Å². The fourth-order valence-corrected chi connectivity index (χ4v) is 3.77. The highest BCUT2D eigenvalue weighted by Crippen LogP contribution is 2.25. The van der Waals surface area contributed by atoms with Crippen LogP contribution in [0.5, 0.6) is 0 Å². The summed E-state index contributed by atoms with van der Waals surface area (Å²) in [5.41, 5.74) is -0.531. The van der Waals surface area contributed by atoms with E-state index in [2.05, 4.69) is 15.2 Å². The van der Waals surface area contributed by atoms with Crippen LogP contribution in [0.4, 0.5) is 17.6 Å². The first-order valence-corrected chi connectivity index (χ1v) is 11.3. The molecule has 2 aromatic carbocycles. The molecule has 2 aromatic heterocycles. The third kappa shape index (κ3) is 5.45. The Labute approximate surface area is 211 Å². The molecule has 0 aliphatic rings. The van der Waals surface area contributed by atoms with E-state index in [1.165, 1.54) is 49.4 Å². The standard InChI is InChI=1S/C22H18Cl2F4N6O2/c1-12(35)19-29-17(30-34(19)16-4-2-3-15(24)18(16)25)11-33-21(36)32(10-9-22(26,27)28)20(31-33)13-5-7-14(23)8-6-13/h2-8,12,35H,9-11H2,1H3. The highest BCUT2D eigenvalue weighted by atomic mass is 35.5. The number of hydrogen-bond acceptors (Lipinski definition) is 5. The van der Waals surface area contributed by atoms with Crippen LogP contribution >= 0.6 is 23.2 Å². The minimum atomic E-state index is -4.49. The molecule has 36 heavy (non-hydrogen) atoms. The molecule has 0 amide bonds. The predicted molar refractivity (Wildman–Crippen MR) is 124 cm³/mol. The van der Waals surface area contributed by atoms with E-state index in [-0.39, 0.29) is 34.7 Å². The normalized spacial score (nSPS) is 12.8. The molecule has 0 aliphatic carbocycles. The maximum Gasteiger partial charge on any atom is 0.390 e. The molecule has 4 rings (SSSR count). The van der Waals surface area contributed by atoms with Crippen molar-refractivity contribution in [3.05, 3.63) is 80.5 Å². The van der Waals surface area contributed by atoms with Crippen molar-refractivity contribution in [1.29, 1.82) is 0 Å². The SMILES string of the molecule is CC(O)c1nc(Cn2nc(-c3ccc(Cl)cc3)n(CCC(F)(F)F)c2=O)nn1-c1cccc(Cl)c1F. The van der Waals surface area contributed by atoms with Crippen molar-refractivity contribution in [2.24, 2.45) is 0 Å². The average molecular weight is 545 g/mol. The number of rotatable bonds is 7. The van der Waals surface area contributed by atoms with E-state index in [9.17, 15) is 27.5 Å². The summed E-state index contributed by atoms with van der Waals surface area (Å²) in [6.07, 6.45) is -6.91. The van der Waals surface area contributed by atoms with Crippen LogP contribution in [0.3, 0.4) is 0 Å². The smallest absolute Gasteiger partial charge is 0.385 e. The maximum atomic E-state index is 14.6. The lowest BCUT2D eigenvalue weighted by Crippen LogP contribution is -2.27. The summed E-state index contributed by atoms with van der Waals surface area (Å²) in [5, 5.41) is 18.8. The molecular weight excluding hydrogens is 527 g/mol. The van der Waals surface area contributed by atoms with Crippen LogP contribution in [0.15, 0.2) is 47.3 Å². The Kier molecular flexibility index (Phi) is 7.21. The van der Waals surface area contributed by atoms with Gasteiger partial charge in [0.05, 0.1) is 11.4 Å². The van der Waals surface area contributed by atoms with Crippen molar-refractivity contribution >= 4 is 23.2 Å². The zero-order chi connectivity index (χ0) is 26.2. The topological polar surface area (TPSA) is 90.8 Å². The van der Waals surface area contributed by atoms with Crippen molar-refractivity contribution in [1.82, 2.24) is 29.1 Å². The number of alkyl halides is 3. The van der Waals surface area contributed by atoms with Crippen molar-refractivity contribution < 1.29 is 22.7 Å². The van der Waals surface area contributed by atoms with E-state index >= 15 is 0 Å². The molecule has 0 radical (unpaired) electrons. The first-order valence-electron chi connectivity index (χ1n) is 10.5. The molecule has 190 valence electrons. The zero-order valence-corrected chi connectivity index (χ0v) is 20.1. The van der Waals surface area contributed by atoms with Gasteiger partial charge in [-0.2, -0.15) is 13.2 Å². The fourth-order valence-electron chi connectivity index (χ4n) is 3.47. The summed E-state index contributed by atoms with van der Waals surface area (Å²) in [4.78, 5) is 17.2. The second kappa shape index (κ2) is 10.0. The van der Waals surface area contributed by atoms with E-state index in [4.69, 9.17) is 23.2 Å². The summed E-state index contributed by atoms with van der Waals surface area (Å²) in [5.74, 6) is -0.864. The van der Waals surface area contributed by atoms with Gasteiger partial charge in [0.25, 0.3) is 0 Å². The first-order chi connectivity index (χ1) is 16.9. The Bertz CT molecular complexity index is 1440. The largest absolute Gasteiger partial charge is 0.390 e. The maximum absolute atomic E-state index is 14.6. The van der Waals surface area contributed by atoms with Crippen molar-refractivity contribution in [3.8, 4) is 17.1 Å². The van der Waals surface area contributed by atoms with Gasteiger partial charge in [-0.3, -0.25) is 4.57 Å². The number of aliphatic hydroxyl groups excluding tert-OH is 1. The number of nitrogens with zero attached hydrogens (tertiary/aromatic N) is 6. The molecule has 0 saturated carbocycles. The Morgan fingerprint density at radius 1 is 1.08 bits per heavy atom. The van der Waals surface area contributed by atoms with E-state index in [1.807, 2.05) is 0 Å². The van der Waals surface area contributed by atoms with Crippen LogP contribution in [0.1, 0.15) is 31.1 Å². The Hall–Kier alpha value is -3.22. The minimum absolute atomic E-state index is 0.00279. The molecule has 1 atom stereocenters. The summed E-state index contributed by atoms with van der Waals surface area (Å²) in [6, 6.07) is 10.3. The quantitative estimate of drug-likeness (QED) is 0.338. The minimum Gasteiger partial charge on any atom is -0.385 e. The molecule has 0 fully saturated rings. The first kappa shape index (κ1) is 25.9. The summed E-state index contributed by atoms with van der Waals surface area (Å²) >= 11 is 11.8. The predicted octanol–water partition coefficient (Wildman–Crippen LogP) is 4.79. The van der Waals surface area contributed by atoms with Gasteiger partial charge in [0.1, 0.15) is 18.3 Å². The third-order valence-electron chi connectivity index (χ3n) is 5.14. The summed E-state index contributed by atoms with van der Waals surface area (Å²) in [7, 11) is 0. The van der Waals surface area contributed by atoms with Crippen LogP contribution in [-0.4, -0.2) is 40.4 Å². The number of aromatic nitrogens is 6. The van der Waals surface area contributed by atoms with E-state index in [0.29, 0.717) is 10.6 Å². The van der Waals surface area contributed by atoms with E-state index < -0.39 is 36.8 Å². The molecule has 0 spiro atoms. The van der Waals surface area contributed by atoms with Gasteiger partial charge in [-0.1, -0.05) is 29.3 Å². The molecular formula is C22H18Cl2F4N6O2. The van der Waals surface area contributed by atoms with Gasteiger partial charge in [0.15, 0.2) is 23.3 Å². The van der Waals surface area contributed by atoms with Crippen molar-refractivity contribution in [2.75, 3.05) is 0 Å². The molecule has 0 bridgehead atoms. The third-order valence-corrected chi connectivity index (χ3v) is 5.69. The van der Waals surface area contributed by atoms with Crippen LogP contribution in [0.25, 0.3) is 17.1 Å². The number of aliphatic hydroxyl groups is 1. The molecule has 0 aliphatic heterocycles. The zero-order valence-electron chi connectivity index (χ0n) is 18.5. The highest BCUT2D eigenvalue weighted by molar-refractivity contribution is 6.31. The molecule has 1 unspecified atom stereocenters. The van der Waals surface area contributed by atoms with Gasteiger partial charge >= 0.3 is 11.9 Å². The van der Waals surface area contributed by atoms with Crippen LogP contribution in [0, 0.1) is 5.82 Å². The highest BCUT2D eigenvalue weighted by Gasteiger charge is 2.29. The Morgan fingerprint density at radius 3 is 2.42 bits per heavy atom. The number of benzene rings is 2. The molecule has 2 heterocycles. The molecule has 14 heteroatoms. The second-order valence-electron chi connectivity index (χ2n) is 7.83. The van der Waals surface area contributed by atoms with Crippen LogP contribution < -0.4 is 5.69 Å². The summed E-state index contributed by atoms with van der Waals surface area (Å²) < 4.78 is 56.2. The second-order valence-corrected chi connectivity index (χ2v) is 8.68. The molecule has 1 N–H and O–H groups in total. The molecule has 0 saturated heterocycles. The molecule has 4 aromatic rings. The van der Waals surface area contributed by atoms with Gasteiger partial charge < -0.3 is 5.11 Å². The van der Waals surface area contributed by atoms with Crippen molar-refractivity contribution in [2.45, 2.75) is 38.7 Å². The average Bonchev–Trinajstić information content (AvgIpc) is 3.36. The molecule has 8 nitrogen and oxygen atoms in total. The fraction of sp³-hybridized carbons (Fsp3) is 0.273. The lowest BCUT2D eigenvalue weighted by molar-refractivity contribution is -0.136. The Morgan fingerprint density at radius 2 is 1.78 bits per heavy atom. The van der Waals surface area contributed by atoms with Gasteiger partial charge in [-0.15, -0.1) is 10.2 Å². The van der Waals surface area contributed by atoms with E-state index in [0.717, 1.165) is 13.9 Å². The van der Waals surface area contributed by atoms with Crippen LogP contribution in [0.2, 0.25) is 10.0 Å². The van der Waals surface area contributed by atoms with Crippen LogP contribution in [-0.2, 0) is 13.1 Å². The number of hydrogen-bond donors (Lipinski definition) is 1. The van der Waals surface area contributed by atoms with Gasteiger partial charge in [0.2, 0.25) is 0 Å². The lowest BCUT2D eigenvalue weighted by Gasteiger charge is -2.09. The van der Waals surface area contributed by atoms with E-state index in [1.54, 1.807) is 0 Å². The van der Waals surface area contributed by atoms with Gasteiger partial charge in [0, 0.05) is 17.1 Å². The van der Waals surface area contributed by atoms with Gasteiger partial charge in [-0.25, -0.2) is 23.5 Å². The Balaban J connectivity index is 1.76.